The van der Waals surface area contributed by atoms with Crippen molar-refractivity contribution < 1.29 is 9.59 Å². The number of imide groups is 1. The summed E-state index contributed by atoms with van der Waals surface area (Å²) in [6.07, 6.45) is 6.25. The van der Waals surface area contributed by atoms with Crippen LogP contribution in [0.2, 0.25) is 0 Å². The van der Waals surface area contributed by atoms with Crippen molar-refractivity contribution in [1.82, 2.24) is 5.32 Å². The molecule has 0 aromatic rings. The number of nitrogens with one attached hydrogen (secondary N) is 1. The van der Waals surface area contributed by atoms with Gasteiger partial charge in [-0.2, -0.15) is 0 Å². The Morgan fingerprint density at radius 1 is 1.31 bits per heavy atom. The quantitative estimate of drug-likeness (QED) is 0.577. The van der Waals surface area contributed by atoms with Gasteiger partial charge in [0.15, 0.2) is 0 Å². The molecule has 1 heterocycles. The van der Waals surface area contributed by atoms with Gasteiger partial charge in [0.05, 0.1) is 0 Å². The zero-order chi connectivity index (χ0) is 12.2. The fourth-order valence-electron chi connectivity index (χ4n) is 2.39. The second-order valence-corrected chi connectivity index (χ2v) is 5.28. The standard InChI is InChI=1S/C13H23NO2/c1-4-5-6-7-8-13(3)9-11(15)14-12(16)10(13)2/h10H,4-9H2,1-3H3,(H,14,15,16). The Morgan fingerprint density at radius 3 is 2.62 bits per heavy atom. The third-order valence-electron chi connectivity index (χ3n) is 3.87. The topological polar surface area (TPSA) is 46.2 Å². The molecule has 3 nitrogen and oxygen atoms in total. The van der Waals surface area contributed by atoms with Crippen LogP contribution in [0.3, 0.4) is 0 Å². The zero-order valence-corrected chi connectivity index (χ0v) is 10.6. The van der Waals surface area contributed by atoms with Gasteiger partial charge in [-0.25, -0.2) is 0 Å². The van der Waals surface area contributed by atoms with Gasteiger partial charge in [0.2, 0.25) is 11.8 Å². The third kappa shape index (κ3) is 3.06. The molecule has 0 bridgehead atoms. The van der Waals surface area contributed by atoms with Crippen LogP contribution in [-0.2, 0) is 9.59 Å². The van der Waals surface area contributed by atoms with Crippen LogP contribution in [0, 0.1) is 11.3 Å². The lowest BCUT2D eigenvalue weighted by Gasteiger charge is -2.38. The molecule has 2 atom stereocenters. The van der Waals surface area contributed by atoms with Gasteiger partial charge in [-0.1, -0.05) is 46.5 Å². The summed E-state index contributed by atoms with van der Waals surface area (Å²) in [4.78, 5) is 23.0. The highest BCUT2D eigenvalue weighted by Crippen LogP contribution is 2.39. The largest absolute Gasteiger partial charge is 0.296 e. The molecule has 2 unspecified atom stereocenters. The summed E-state index contributed by atoms with van der Waals surface area (Å²) in [7, 11) is 0. The van der Waals surface area contributed by atoms with Crippen molar-refractivity contribution in [2.75, 3.05) is 0 Å². The lowest BCUT2D eigenvalue weighted by molar-refractivity contribution is -0.142. The van der Waals surface area contributed by atoms with Crippen LogP contribution in [0.15, 0.2) is 0 Å². The van der Waals surface area contributed by atoms with E-state index in [4.69, 9.17) is 0 Å². The number of amides is 2. The molecule has 1 rings (SSSR count). The van der Waals surface area contributed by atoms with E-state index in [2.05, 4.69) is 19.2 Å². The van der Waals surface area contributed by atoms with Gasteiger partial charge in [-0.05, 0) is 11.8 Å². The van der Waals surface area contributed by atoms with E-state index in [-0.39, 0.29) is 23.1 Å². The molecule has 16 heavy (non-hydrogen) atoms. The van der Waals surface area contributed by atoms with Crippen LogP contribution in [0.25, 0.3) is 0 Å². The predicted octanol–water partition coefficient (Wildman–Crippen LogP) is 2.65. The molecule has 0 spiro atoms. The van der Waals surface area contributed by atoms with Crippen LogP contribution in [0.4, 0.5) is 0 Å². The molecule has 1 N–H and O–H groups in total. The lowest BCUT2D eigenvalue weighted by atomic mass is 9.69. The van der Waals surface area contributed by atoms with Crippen LogP contribution < -0.4 is 5.32 Å². The number of hydrogen-bond acceptors (Lipinski definition) is 2. The average Bonchev–Trinajstić information content (AvgIpc) is 2.21. The molecule has 0 aromatic carbocycles. The second kappa shape index (κ2) is 5.46. The van der Waals surface area contributed by atoms with E-state index in [1.54, 1.807) is 0 Å². The molecule has 0 aliphatic carbocycles. The first-order chi connectivity index (χ1) is 7.49. The molecule has 1 fully saturated rings. The Balaban J connectivity index is 2.52. The first-order valence-corrected chi connectivity index (χ1v) is 6.33. The summed E-state index contributed by atoms with van der Waals surface area (Å²) in [5.74, 6) is -0.262. The van der Waals surface area contributed by atoms with Crippen molar-refractivity contribution in [2.24, 2.45) is 11.3 Å². The van der Waals surface area contributed by atoms with E-state index >= 15 is 0 Å². The minimum atomic E-state index is -0.132. The lowest BCUT2D eigenvalue weighted by Crippen LogP contribution is -2.49. The third-order valence-corrected chi connectivity index (χ3v) is 3.87. The number of rotatable bonds is 5. The first kappa shape index (κ1) is 13.2. The van der Waals surface area contributed by atoms with Crippen molar-refractivity contribution in [2.45, 2.75) is 59.3 Å². The van der Waals surface area contributed by atoms with Gasteiger partial charge < -0.3 is 0 Å². The maximum absolute atomic E-state index is 11.6. The van der Waals surface area contributed by atoms with Crippen LogP contribution >= 0.6 is 0 Å². The fourth-order valence-corrected chi connectivity index (χ4v) is 2.39. The van der Waals surface area contributed by atoms with Gasteiger partial charge in [0, 0.05) is 12.3 Å². The summed E-state index contributed by atoms with van der Waals surface area (Å²) in [6.45, 7) is 6.18. The predicted molar refractivity (Wildman–Crippen MR) is 63.8 cm³/mol. The van der Waals surface area contributed by atoms with E-state index in [0.29, 0.717) is 6.42 Å². The molecule has 1 aliphatic heterocycles. The zero-order valence-electron chi connectivity index (χ0n) is 10.6. The van der Waals surface area contributed by atoms with Crippen molar-refractivity contribution in [3.8, 4) is 0 Å². The number of hydrogen-bond donors (Lipinski definition) is 1. The minimum Gasteiger partial charge on any atom is -0.296 e. The van der Waals surface area contributed by atoms with Gasteiger partial charge in [-0.15, -0.1) is 0 Å². The second-order valence-electron chi connectivity index (χ2n) is 5.28. The van der Waals surface area contributed by atoms with Crippen molar-refractivity contribution in [3.05, 3.63) is 0 Å². The SMILES string of the molecule is CCCCCCC1(C)CC(=O)NC(=O)C1C. The summed E-state index contributed by atoms with van der Waals surface area (Å²) in [5.41, 5.74) is -0.132. The van der Waals surface area contributed by atoms with Crippen LogP contribution in [-0.4, -0.2) is 11.8 Å². The van der Waals surface area contributed by atoms with Crippen molar-refractivity contribution >= 4 is 11.8 Å². The molecule has 0 saturated carbocycles. The Hall–Kier alpha value is -0.860. The van der Waals surface area contributed by atoms with E-state index in [1.165, 1.54) is 19.3 Å². The first-order valence-electron chi connectivity index (χ1n) is 6.33. The molecular formula is C13H23NO2. The number of carbonyl (C=O) groups is 2. The normalized spacial score (nSPS) is 30.3. The summed E-state index contributed by atoms with van der Waals surface area (Å²) < 4.78 is 0. The smallest absolute Gasteiger partial charge is 0.229 e. The molecular weight excluding hydrogens is 202 g/mol. The van der Waals surface area contributed by atoms with E-state index in [1.807, 2.05) is 6.92 Å². The highest BCUT2D eigenvalue weighted by Gasteiger charge is 2.41. The number of piperidine rings is 1. The minimum absolute atomic E-state index is 0.0492. The van der Waals surface area contributed by atoms with E-state index in [0.717, 1.165) is 12.8 Å². The van der Waals surface area contributed by atoms with Crippen LogP contribution in [0.5, 0.6) is 0 Å². The Morgan fingerprint density at radius 2 is 2.00 bits per heavy atom. The van der Waals surface area contributed by atoms with Crippen LogP contribution in [0.1, 0.15) is 59.3 Å². The Bertz CT molecular complexity index is 275. The van der Waals surface area contributed by atoms with Gasteiger partial charge in [-0.3, -0.25) is 14.9 Å². The average molecular weight is 225 g/mol. The maximum Gasteiger partial charge on any atom is 0.229 e. The fraction of sp³-hybridized carbons (Fsp3) is 0.846. The molecule has 2 amide bonds. The molecule has 3 heteroatoms. The number of unbranched alkanes of at least 4 members (excludes halogenated alkanes) is 3. The monoisotopic (exact) mass is 225 g/mol. The number of carbonyl (C=O) groups excluding carboxylic acids is 2. The summed E-state index contributed by atoms with van der Waals surface area (Å²) in [6, 6.07) is 0. The molecule has 92 valence electrons. The molecule has 0 aromatic heterocycles. The Labute approximate surface area is 98.0 Å². The van der Waals surface area contributed by atoms with Gasteiger partial charge >= 0.3 is 0 Å². The highest BCUT2D eigenvalue weighted by molar-refractivity contribution is 5.99. The highest BCUT2D eigenvalue weighted by atomic mass is 16.2. The summed E-state index contributed by atoms with van der Waals surface area (Å²) in [5, 5.41) is 2.41. The summed E-state index contributed by atoms with van der Waals surface area (Å²) >= 11 is 0. The molecule has 0 radical (unpaired) electrons. The van der Waals surface area contributed by atoms with E-state index in [9.17, 15) is 9.59 Å². The van der Waals surface area contributed by atoms with Crippen molar-refractivity contribution in [1.29, 1.82) is 0 Å². The molecule has 1 aliphatic rings. The van der Waals surface area contributed by atoms with Gasteiger partial charge in [0.25, 0.3) is 0 Å². The van der Waals surface area contributed by atoms with Crippen molar-refractivity contribution in [3.63, 3.8) is 0 Å². The van der Waals surface area contributed by atoms with E-state index < -0.39 is 0 Å². The van der Waals surface area contributed by atoms with Gasteiger partial charge in [0.1, 0.15) is 0 Å². The molecule has 1 saturated heterocycles. The Kier molecular flexibility index (Phi) is 4.51. The maximum atomic E-state index is 11.6.